The summed E-state index contributed by atoms with van der Waals surface area (Å²) in [6, 6.07) is 14.9. The maximum absolute atomic E-state index is 13.2. The Morgan fingerprint density at radius 2 is 1.87 bits per heavy atom. The Hall–Kier alpha value is -2.97. The molecule has 2 fully saturated rings. The maximum Gasteiger partial charge on any atom is 0.251 e. The van der Waals surface area contributed by atoms with E-state index in [1.54, 1.807) is 23.5 Å². The number of carbonyl (C=O) groups is 2. The van der Waals surface area contributed by atoms with Crippen LogP contribution in [0.15, 0.2) is 48.5 Å². The van der Waals surface area contributed by atoms with Gasteiger partial charge >= 0.3 is 0 Å². The summed E-state index contributed by atoms with van der Waals surface area (Å²) in [6.45, 7) is 5.48. The predicted octanol–water partition coefficient (Wildman–Crippen LogP) is 3.15. The van der Waals surface area contributed by atoms with Crippen LogP contribution < -0.4 is 14.5 Å². The van der Waals surface area contributed by atoms with E-state index in [4.69, 9.17) is 9.72 Å². The number of anilines is 2. The largest absolute Gasteiger partial charge is 0.494 e. The average Bonchev–Trinajstić information content (AvgIpc) is 3.35. The molecule has 2 aliphatic heterocycles. The quantitative estimate of drug-likeness (QED) is 0.573. The zero-order valence-electron chi connectivity index (χ0n) is 17.4. The lowest BCUT2D eigenvalue weighted by molar-refractivity contribution is -0.123. The number of amides is 2. The van der Waals surface area contributed by atoms with E-state index in [9.17, 15) is 9.59 Å². The molecule has 0 spiro atoms. The molecule has 0 N–H and O–H groups in total. The molecule has 2 amide bonds. The fraction of sp³-hybridized carbons (Fsp3) is 0.348. The van der Waals surface area contributed by atoms with E-state index < -0.39 is 6.04 Å². The third-order valence-electron chi connectivity index (χ3n) is 5.82. The summed E-state index contributed by atoms with van der Waals surface area (Å²) in [5, 5.41) is 1.02. The number of thiazole rings is 1. The van der Waals surface area contributed by atoms with E-state index >= 15 is 0 Å². The summed E-state index contributed by atoms with van der Waals surface area (Å²) in [5.74, 6) is 0.359. The minimum atomic E-state index is -0.402. The van der Waals surface area contributed by atoms with Gasteiger partial charge < -0.3 is 9.64 Å². The minimum Gasteiger partial charge on any atom is -0.494 e. The molecule has 8 heteroatoms. The molecular formula is C23H24N4O3S. The van der Waals surface area contributed by atoms with Gasteiger partial charge in [-0.2, -0.15) is 0 Å². The number of aromatic nitrogens is 1. The van der Waals surface area contributed by atoms with Gasteiger partial charge in [0, 0.05) is 32.2 Å². The molecule has 3 heterocycles. The van der Waals surface area contributed by atoms with Gasteiger partial charge in [-0.3, -0.25) is 14.5 Å². The average molecular weight is 437 g/mol. The third-order valence-corrected chi connectivity index (χ3v) is 6.91. The number of rotatable bonds is 5. The zero-order chi connectivity index (χ0) is 21.4. The molecule has 31 heavy (non-hydrogen) atoms. The lowest BCUT2D eigenvalue weighted by Gasteiger charge is -2.36. The van der Waals surface area contributed by atoms with E-state index in [1.165, 1.54) is 9.60 Å². The molecule has 3 aromatic rings. The number of imide groups is 1. The second-order valence-electron chi connectivity index (χ2n) is 7.70. The van der Waals surface area contributed by atoms with Crippen molar-refractivity contribution in [1.29, 1.82) is 0 Å². The summed E-state index contributed by atoms with van der Waals surface area (Å²) in [4.78, 5) is 36.3. The molecule has 0 aliphatic carbocycles. The van der Waals surface area contributed by atoms with Crippen molar-refractivity contribution in [2.45, 2.75) is 19.4 Å². The van der Waals surface area contributed by atoms with Crippen LogP contribution >= 0.6 is 11.3 Å². The topological polar surface area (TPSA) is 66.0 Å². The summed E-state index contributed by atoms with van der Waals surface area (Å²) >= 11 is 1.70. The lowest BCUT2D eigenvalue weighted by atomic mass is 10.2. The molecule has 0 saturated carbocycles. The van der Waals surface area contributed by atoms with Crippen LogP contribution in [0.1, 0.15) is 13.3 Å². The zero-order valence-corrected chi connectivity index (χ0v) is 18.2. The van der Waals surface area contributed by atoms with Crippen molar-refractivity contribution in [2.75, 3.05) is 42.6 Å². The highest BCUT2D eigenvalue weighted by atomic mass is 32.1. The molecular weight excluding hydrogens is 412 g/mol. The number of hydrogen-bond acceptors (Lipinski definition) is 7. The SMILES string of the molecule is CCOc1cccc(N2C(=O)C[C@H](N3CCN(c4nc5ccccc5s4)CC3)C2=O)c1. The summed E-state index contributed by atoms with van der Waals surface area (Å²) in [7, 11) is 0. The van der Waals surface area contributed by atoms with Crippen molar-refractivity contribution in [2.24, 2.45) is 0 Å². The summed E-state index contributed by atoms with van der Waals surface area (Å²) < 4.78 is 6.71. The van der Waals surface area contributed by atoms with Gasteiger partial charge in [0.15, 0.2) is 5.13 Å². The van der Waals surface area contributed by atoms with Crippen molar-refractivity contribution in [1.82, 2.24) is 9.88 Å². The van der Waals surface area contributed by atoms with Crippen LogP contribution in [0.3, 0.4) is 0 Å². The summed E-state index contributed by atoms with van der Waals surface area (Å²) in [6.07, 6.45) is 0.221. The standard InChI is InChI=1S/C23H24N4O3S/c1-2-30-17-7-5-6-16(14-17)27-21(28)15-19(22(27)29)25-10-12-26(13-11-25)23-24-18-8-3-4-9-20(18)31-23/h3-9,14,19H,2,10-13,15H2,1H3/t19-/m0/s1. The molecule has 2 aliphatic rings. The second kappa shape index (κ2) is 8.28. The lowest BCUT2D eigenvalue weighted by Crippen LogP contribution is -2.52. The molecule has 160 valence electrons. The first-order chi connectivity index (χ1) is 15.1. The van der Waals surface area contributed by atoms with Gasteiger partial charge in [0.2, 0.25) is 5.91 Å². The molecule has 1 atom stereocenters. The Morgan fingerprint density at radius 3 is 2.65 bits per heavy atom. The van der Waals surface area contributed by atoms with Gasteiger partial charge in [0.25, 0.3) is 5.91 Å². The Kier molecular flexibility index (Phi) is 5.33. The molecule has 1 aromatic heterocycles. The first-order valence-corrected chi connectivity index (χ1v) is 11.4. The number of ether oxygens (including phenoxy) is 1. The van der Waals surface area contributed by atoms with Crippen LogP contribution in [0.5, 0.6) is 5.75 Å². The number of benzene rings is 2. The normalized spacial score (nSPS) is 20.1. The smallest absolute Gasteiger partial charge is 0.251 e. The number of carbonyl (C=O) groups excluding carboxylic acids is 2. The Balaban J connectivity index is 1.27. The van der Waals surface area contributed by atoms with Gasteiger partial charge in [-0.25, -0.2) is 9.88 Å². The molecule has 7 nitrogen and oxygen atoms in total. The van der Waals surface area contributed by atoms with Gasteiger partial charge in [-0.1, -0.05) is 29.5 Å². The fourth-order valence-corrected chi connectivity index (χ4v) is 5.29. The first-order valence-electron chi connectivity index (χ1n) is 10.6. The molecule has 5 rings (SSSR count). The van der Waals surface area contributed by atoms with Crippen LogP contribution in [0, 0.1) is 0 Å². The highest BCUT2D eigenvalue weighted by Gasteiger charge is 2.43. The van der Waals surface area contributed by atoms with Crippen LogP contribution in [0.25, 0.3) is 10.2 Å². The van der Waals surface area contributed by atoms with Crippen LogP contribution in [-0.4, -0.2) is 60.5 Å². The van der Waals surface area contributed by atoms with Gasteiger partial charge in [0.05, 0.1) is 35.0 Å². The second-order valence-corrected chi connectivity index (χ2v) is 8.71. The number of para-hydroxylation sites is 1. The van der Waals surface area contributed by atoms with Crippen LogP contribution in [0.4, 0.5) is 10.8 Å². The molecule has 0 bridgehead atoms. The molecule has 2 saturated heterocycles. The number of hydrogen-bond donors (Lipinski definition) is 0. The fourth-order valence-electron chi connectivity index (χ4n) is 4.27. The third kappa shape index (κ3) is 3.77. The van der Waals surface area contributed by atoms with Crippen molar-refractivity contribution >= 4 is 44.2 Å². The highest BCUT2D eigenvalue weighted by molar-refractivity contribution is 7.22. The Bertz CT molecular complexity index is 1090. The van der Waals surface area contributed by atoms with Gasteiger partial charge in [-0.05, 0) is 31.2 Å². The van der Waals surface area contributed by atoms with Crippen LogP contribution in [-0.2, 0) is 9.59 Å². The Morgan fingerprint density at radius 1 is 1.06 bits per heavy atom. The minimum absolute atomic E-state index is 0.146. The number of nitrogens with zero attached hydrogens (tertiary/aromatic N) is 4. The first kappa shape index (κ1) is 20.0. The van der Waals surface area contributed by atoms with E-state index in [-0.39, 0.29) is 18.2 Å². The van der Waals surface area contributed by atoms with Gasteiger partial charge in [0.1, 0.15) is 5.75 Å². The van der Waals surface area contributed by atoms with Crippen molar-refractivity contribution in [3.05, 3.63) is 48.5 Å². The van der Waals surface area contributed by atoms with Gasteiger partial charge in [-0.15, -0.1) is 0 Å². The van der Waals surface area contributed by atoms with E-state index in [0.29, 0.717) is 18.0 Å². The van der Waals surface area contributed by atoms with Crippen LogP contribution in [0.2, 0.25) is 0 Å². The maximum atomic E-state index is 13.2. The van der Waals surface area contributed by atoms with Crippen molar-refractivity contribution < 1.29 is 14.3 Å². The van der Waals surface area contributed by atoms with E-state index in [2.05, 4.69) is 15.9 Å². The molecule has 0 radical (unpaired) electrons. The highest BCUT2D eigenvalue weighted by Crippen LogP contribution is 2.31. The monoisotopic (exact) mass is 436 g/mol. The number of piperazine rings is 1. The summed E-state index contributed by atoms with van der Waals surface area (Å²) in [5.41, 5.74) is 1.60. The predicted molar refractivity (Wildman–Crippen MR) is 122 cm³/mol. The Labute approximate surface area is 184 Å². The molecule has 0 unspecified atom stereocenters. The number of fused-ring (bicyclic) bond motifs is 1. The van der Waals surface area contributed by atoms with E-state index in [1.807, 2.05) is 37.3 Å². The van der Waals surface area contributed by atoms with Crippen molar-refractivity contribution in [3.63, 3.8) is 0 Å². The molecule has 2 aromatic carbocycles. The van der Waals surface area contributed by atoms with Crippen molar-refractivity contribution in [3.8, 4) is 5.75 Å². The van der Waals surface area contributed by atoms with E-state index in [0.717, 1.165) is 36.8 Å².